The van der Waals surface area contributed by atoms with Crippen LogP contribution in [0.3, 0.4) is 0 Å². The van der Waals surface area contributed by atoms with Crippen LogP contribution in [0.2, 0.25) is 0 Å². The molecule has 1 aromatic rings. The van der Waals surface area contributed by atoms with Gasteiger partial charge in [0.15, 0.2) is 0 Å². The largest absolute Gasteiger partial charge is 0.489 e. The monoisotopic (exact) mass is 379 g/mol. The Labute approximate surface area is 159 Å². The summed E-state index contributed by atoms with van der Waals surface area (Å²) in [7, 11) is 3.46. The van der Waals surface area contributed by atoms with E-state index in [1.165, 1.54) is 0 Å². The van der Waals surface area contributed by atoms with Crippen LogP contribution in [0, 0.1) is 0 Å². The lowest BCUT2D eigenvalue weighted by atomic mass is 10.0. The number of nitrogens with one attached hydrogen (secondary N) is 2. The molecule has 0 saturated heterocycles. The maximum atomic E-state index is 12.3. The Bertz CT molecular complexity index is 677. The van der Waals surface area contributed by atoms with Gasteiger partial charge >= 0.3 is 0 Å². The third-order valence-corrected chi connectivity index (χ3v) is 4.47. The Kier molecular flexibility index (Phi) is 7.04. The minimum Gasteiger partial charge on any atom is -0.489 e. The van der Waals surface area contributed by atoms with Crippen LogP contribution in [0.4, 0.5) is 5.69 Å². The van der Waals surface area contributed by atoms with E-state index in [4.69, 9.17) is 9.47 Å². The lowest BCUT2D eigenvalue weighted by Gasteiger charge is -2.36. The third-order valence-electron chi connectivity index (χ3n) is 4.47. The smallest absolute Gasteiger partial charge is 0.251 e. The quantitative estimate of drug-likeness (QED) is 0.570. The number of hydrogen-bond acceptors (Lipinski definition) is 6. The van der Waals surface area contributed by atoms with Crippen molar-refractivity contribution >= 4 is 17.5 Å². The molecule has 1 aliphatic rings. The lowest BCUT2D eigenvalue weighted by molar-refractivity contribution is -0.123. The van der Waals surface area contributed by atoms with Crippen LogP contribution in [0.25, 0.3) is 0 Å². The molecule has 0 spiro atoms. The highest BCUT2D eigenvalue weighted by molar-refractivity contribution is 5.95. The first-order valence-corrected chi connectivity index (χ1v) is 8.96. The standard InChI is InChI=1S/C19H29N3O5/c1-19(2,12-23)21-17(24)10-14-11-27-16-6-5-13(9-15(16)22(14)3)18(25)20-7-8-26-4/h5-6,9,14,23H,7-8,10-12H2,1-4H3,(H,20,25)(H,21,24). The Morgan fingerprint density at radius 1 is 1.41 bits per heavy atom. The Morgan fingerprint density at radius 2 is 2.15 bits per heavy atom. The van der Waals surface area contributed by atoms with Crippen LogP contribution in [-0.4, -0.2) is 69.0 Å². The molecule has 0 fully saturated rings. The van der Waals surface area contributed by atoms with E-state index in [0.717, 1.165) is 5.69 Å². The van der Waals surface area contributed by atoms with Crippen molar-refractivity contribution in [2.24, 2.45) is 0 Å². The van der Waals surface area contributed by atoms with Gasteiger partial charge in [0.25, 0.3) is 5.91 Å². The molecule has 27 heavy (non-hydrogen) atoms. The second-order valence-corrected chi connectivity index (χ2v) is 7.30. The Morgan fingerprint density at radius 3 is 2.81 bits per heavy atom. The van der Waals surface area contributed by atoms with Gasteiger partial charge in [-0.15, -0.1) is 0 Å². The first-order valence-electron chi connectivity index (χ1n) is 8.96. The Balaban J connectivity index is 2.06. The van der Waals surface area contributed by atoms with Crippen molar-refractivity contribution < 1.29 is 24.2 Å². The molecule has 0 aliphatic carbocycles. The van der Waals surface area contributed by atoms with Gasteiger partial charge in [-0.05, 0) is 32.0 Å². The van der Waals surface area contributed by atoms with Crippen molar-refractivity contribution in [1.29, 1.82) is 0 Å². The van der Waals surface area contributed by atoms with Gasteiger partial charge < -0.3 is 30.1 Å². The van der Waals surface area contributed by atoms with Gasteiger partial charge in [0, 0.05) is 26.3 Å². The fourth-order valence-corrected chi connectivity index (χ4v) is 2.80. The number of anilines is 1. The third kappa shape index (κ3) is 5.58. The van der Waals surface area contributed by atoms with E-state index < -0.39 is 5.54 Å². The van der Waals surface area contributed by atoms with Crippen molar-refractivity contribution in [2.75, 3.05) is 45.4 Å². The normalized spacial score (nSPS) is 16.3. The molecule has 8 heteroatoms. The molecular weight excluding hydrogens is 350 g/mol. The first-order chi connectivity index (χ1) is 12.8. The molecule has 1 heterocycles. The van der Waals surface area contributed by atoms with Crippen LogP contribution < -0.4 is 20.3 Å². The van der Waals surface area contributed by atoms with Crippen molar-refractivity contribution in [3.63, 3.8) is 0 Å². The number of hydrogen-bond donors (Lipinski definition) is 3. The van der Waals surface area contributed by atoms with Gasteiger partial charge in [-0.3, -0.25) is 9.59 Å². The predicted molar refractivity (Wildman–Crippen MR) is 102 cm³/mol. The van der Waals surface area contributed by atoms with Gasteiger partial charge in [0.05, 0.1) is 36.9 Å². The van der Waals surface area contributed by atoms with Gasteiger partial charge in [0.1, 0.15) is 12.4 Å². The van der Waals surface area contributed by atoms with E-state index >= 15 is 0 Å². The molecular formula is C19H29N3O5. The van der Waals surface area contributed by atoms with E-state index in [1.54, 1.807) is 39.2 Å². The zero-order valence-corrected chi connectivity index (χ0v) is 16.4. The minimum atomic E-state index is -0.670. The summed E-state index contributed by atoms with van der Waals surface area (Å²) >= 11 is 0. The maximum Gasteiger partial charge on any atom is 0.251 e. The molecule has 1 aromatic carbocycles. The van der Waals surface area contributed by atoms with Gasteiger partial charge in [-0.1, -0.05) is 0 Å². The summed E-state index contributed by atoms with van der Waals surface area (Å²) in [4.78, 5) is 26.5. The van der Waals surface area contributed by atoms with Crippen molar-refractivity contribution in [1.82, 2.24) is 10.6 Å². The maximum absolute atomic E-state index is 12.3. The zero-order chi connectivity index (χ0) is 20.0. The highest BCUT2D eigenvalue weighted by Crippen LogP contribution is 2.34. The van der Waals surface area contributed by atoms with E-state index in [0.29, 0.717) is 31.1 Å². The molecule has 150 valence electrons. The summed E-state index contributed by atoms with van der Waals surface area (Å²) in [6.45, 7) is 4.63. The van der Waals surface area contributed by atoms with Crippen molar-refractivity contribution in [2.45, 2.75) is 31.8 Å². The number of methoxy groups -OCH3 is 1. The van der Waals surface area contributed by atoms with E-state index in [2.05, 4.69) is 10.6 Å². The van der Waals surface area contributed by atoms with Crippen LogP contribution in [-0.2, 0) is 9.53 Å². The number of carbonyl (C=O) groups excluding carboxylic acids is 2. The number of nitrogens with zero attached hydrogens (tertiary/aromatic N) is 1. The second kappa shape index (κ2) is 9.05. The van der Waals surface area contributed by atoms with Gasteiger partial charge in [0.2, 0.25) is 5.91 Å². The number of benzene rings is 1. The van der Waals surface area contributed by atoms with E-state index in [9.17, 15) is 14.7 Å². The average Bonchev–Trinajstić information content (AvgIpc) is 2.63. The molecule has 1 atom stereocenters. The zero-order valence-electron chi connectivity index (χ0n) is 16.4. The number of rotatable bonds is 8. The van der Waals surface area contributed by atoms with Crippen LogP contribution >= 0.6 is 0 Å². The van der Waals surface area contributed by atoms with Gasteiger partial charge in [-0.2, -0.15) is 0 Å². The highest BCUT2D eigenvalue weighted by Gasteiger charge is 2.29. The van der Waals surface area contributed by atoms with Gasteiger partial charge in [-0.25, -0.2) is 0 Å². The SMILES string of the molecule is COCCNC(=O)c1ccc2c(c1)N(C)C(CC(=O)NC(C)(C)CO)CO2. The molecule has 2 amide bonds. The molecule has 2 rings (SSSR count). The topological polar surface area (TPSA) is 100 Å². The van der Waals surface area contributed by atoms with Crippen LogP contribution in [0.15, 0.2) is 18.2 Å². The summed E-state index contributed by atoms with van der Waals surface area (Å²) in [5, 5.41) is 14.9. The number of aliphatic hydroxyl groups excluding tert-OH is 1. The number of amides is 2. The minimum absolute atomic E-state index is 0.139. The molecule has 0 saturated carbocycles. The summed E-state index contributed by atoms with van der Waals surface area (Å²) in [6, 6.07) is 5.08. The number of fused-ring (bicyclic) bond motifs is 1. The molecule has 1 aliphatic heterocycles. The summed E-state index contributed by atoms with van der Waals surface area (Å²) in [5.41, 5.74) is 0.614. The Hall–Kier alpha value is -2.32. The highest BCUT2D eigenvalue weighted by atomic mass is 16.5. The summed E-state index contributed by atoms with van der Waals surface area (Å²) in [6.07, 6.45) is 0.226. The number of likely N-dealkylation sites (N-methyl/N-ethyl adjacent to an activating group) is 1. The molecule has 0 bridgehead atoms. The summed E-state index contributed by atoms with van der Waals surface area (Å²) in [5.74, 6) is 0.331. The second-order valence-electron chi connectivity index (χ2n) is 7.30. The van der Waals surface area contributed by atoms with Crippen LogP contribution in [0.5, 0.6) is 5.75 Å². The predicted octanol–water partition coefficient (Wildman–Crippen LogP) is 0.537. The molecule has 0 aromatic heterocycles. The summed E-state index contributed by atoms with van der Waals surface area (Å²) < 4.78 is 10.7. The average molecular weight is 379 g/mol. The molecule has 1 unspecified atom stereocenters. The molecule has 8 nitrogen and oxygen atoms in total. The van der Waals surface area contributed by atoms with E-state index in [1.807, 2.05) is 11.9 Å². The van der Waals surface area contributed by atoms with E-state index in [-0.39, 0.29) is 30.9 Å². The molecule has 3 N–H and O–H groups in total. The van der Waals surface area contributed by atoms with Crippen molar-refractivity contribution in [3.05, 3.63) is 23.8 Å². The first kappa shape index (κ1) is 21.0. The number of carbonyl (C=O) groups is 2. The fourth-order valence-electron chi connectivity index (χ4n) is 2.80. The fraction of sp³-hybridized carbons (Fsp3) is 0.579. The molecule has 0 radical (unpaired) electrons. The van der Waals surface area contributed by atoms with Crippen LogP contribution in [0.1, 0.15) is 30.6 Å². The number of aliphatic hydroxyl groups is 1. The number of ether oxygens (including phenoxy) is 2. The van der Waals surface area contributed by atoms with Crippen molar-refractivity contribution in [3.8, 4) is 5.75 Å². The lowest BCUT2D eigenvalue weighted by Crippen LogP contribution is -2.50.